The maximum Gasteiger partial charge on any atom is 0.152 e. The van der Waals surface area contributed by atoms with Gasteiger partial charge in [-0.15, -0.1) is 6.58 Å². The Morgan fingerprint density at radius 1 is 1.50 bits per heavy atom. The maximum atomic E-state index is 10.5. The first-order valence-corrected chi connectivity index (χ1v) is 3.45. The Morgan fingerprint density at radius 3 is 2.50 bits per heavy atom. The summed E-state index contributed by atoms with van der Waals surface area (Å²) in [5.41, 5.74) is 1.13. The molecule has 56 valence electrons. The molecule has 0 bridgehead atoms. The highest BCUT2D eigenvalue weighted by molar-refractivity contribution is 5.87. The molecule has 10 heavy (non-hydrogen) atoms. The Balaban J connectivity index is 3.70. The fourth-order valence-corrected chi connectivity index (χ4v) is 0.749. The van der Waals surface area contributed by atoms with E-state index in [1.807, 2.05) is 13.0 Å². The highest BCUT2D eigenvalue weighted by atomic mass is 16.1. The smallest absolute Gasteiger partial charge is 0.152 e. The maximum absolute atomic E-state index is 10.5. The van der Waals surface area contributed by atoms with Gasteiger partial charge in [0.25, 0.3) is 0 Å². The zero-order valence-corrected chi connectivity index (χ0v) is 6.68. The molecule has 0 N–H and O–H groups in total. The molecule has 0 aromatic heterocycles. The molecule has 0 atom stereocenters. The van der Waals surface area contributed by atoms with E-state index in [4.69, 9.17) is 0 Å². The number of hydrogen-bond donors (Lipinski definition) is 0. The van der Waals surface area contributed by atoms with Crippen LogP contribution in [-0.2, 0) is 4.79 Å². The van der Waals surface area contributed by atoms with Gasteiger partial charge in [0.2, 0.25) is 0 Å². The Morgan fingerprint density at radius 2 is 2.10 bits per heavy atom. The van der Waals surface area contributed by atoms with Gasteiger partial charge < -0.3 is 0 Å². The van der Waals surface area contributed by atoms with Crippen molar-refractivity contribution >= 4 is 5.78 Å². The summed E-state index contributed by atoms with van der Waals surface area (Å²) in [4.78, 5) is 10.5. The molecule has 0 aliphatic rings. The summed E-state index contributed by atoms with van der Waals surface area (Å²) in [6, 6.07) is 0. The van der Waals surface area contributed by atoms with Crippen LogP contribution in [0.2, 0.25) is 0 Å². The first kappa shape index (κ1) is 9.15. The fraction of sp³-hybridized carbons (Fsp3) is 0.444. The van der Waals surface area contributed by atoms with Crippen LogP contribution in [0.25, 0.3) is 0 Å². The second kappa shape index (κ2) is 4.98. The molecule has 0 fully saturated rings. The third-order valence-corrected chi connectivity index (χ3v) is 1.19. The van der Waals surface area contributed by atoms with E-state index in [-0.39, 0.29) is 5.78 Å². The van der Waals surface area contributed by atoms with Crippen LogP contribution in [0.1, 0.15) is 26.7 Å². The van der Waals surface area contributed by atoms with Crippen LogP contribution in [0.15, 0.2) is 24.3 Å². The number of carbonyl (C=O) groups is 1. The van der Waals surface area contributed by atoms with Crippen molar-refractivity contribution in [2.75, 3.05) is 0 Å². The molecule has 0 unspecified atom stereocenters. The molecule has 0 saturated carbocycles. The predicted molar refractivity (Wildman–Crippen MR) is 43.9 cm³/mol. The SMILES string of the molecule is C=CCCC(C)=CC(C)=O. The number of hydrogen-bond acceptors (Lipinski definition) is 1. The minimum Gasteiger partial charge on any atom is -0.295 e. The molecule has 0 spiro atoms. The standard InChI is InChI=1S/C9H14O/c1-4-5-6-8(2)7-9(3)10/h4,7H,1,5-6H2,2-3H3. The zero-order chi connectivity index (χ0) is 7.98. The molecule has 0 amide bonds. The summed E-state index contributed by atoms with van der Waals surface area (Å²) < 4.78 is 0. The first-order valence-electron chi connectivity index (χ1n) is 3.45. The van der Waals surface area contributed by atoms with Crippen molar-refractivity contribution in [3.05, 3.63) is 24.3 Å². The second-order valence-electron chi connectivity index (χ2n) is 2.43. The molecule has 0 saturated heterocycles. The van der Waals surface area contributed by atoms with Crippen molar-refractivity contribution < 1.29 is 4.79 Å². The molecule has 0 heterocycles. The van der Waals surface area contributed by atoms with E-state index < -0.39 is 0 Å². The lowest BCUT2D eigenvalue weighted by Crippen LogP contribution is -1.84. The van der Waals surface area contributed by atoms with E-state index in [0.717, 1.165) is 18.4 Å². The Bertz CT molecular complexity index is 154. The Hall–Kier alpha value is -0.850. The molecule has 0 aromatic carbocycles. The Labute approximate surface area is 62.4 Å². The summed E-state index contributed by atoms with van der Waals surface area (Å²) in [7, 11) is 0. The topological polar surface area (TPSA) is 17.1 Å². The molecule has 0 radical (unpaired) electrons. The summed E-state index contributed by atoms with van der Waals surface area (Å²) in [6.45, 7) is 7.13. The lowest BCUT2D eigenvalue weighted by atomic mass is 10.1. The molecular weight excluding hydrogens is 124 g/mol. The van der Waals surface area contributed by atoms with Gasteiger partial charge in [-0.1, -0.05) is 11.6 Å². The molecule has 1 nitrogen and oxygen atoms in total. The van der Waals surface area contributed by atoms with Crippen LogP contribution in [0, 0.1) is 0 Å². The summed E-state index contributed by atoms with van der Waals surface area (Å²) in [5.74, 6) is 0.126. The second-order valence-corrected chi connectivity index (χ2v) is 2.43. The van der Waals surface area contributed by atoms with Crippen molar-refractivity contribution in [1.29, 1.82) is 0 Å². The van der Waals surface area contributed by atoms with Crippen molar-refractivity contribution in [3.8, 4) is 0 Å². The average Bonchev–Trinajstić information content (AvgIpc) is 1.82. The third-order valence-electron chi connectivity index (χ3n) is 1.19. The lowest BCUT2D eigenvalue weighted by molar-refractivity contribution is -0.112. The first-order chi connectivity index (χ1) is 4.66. The predicted octanol–water partition coefficient (Wildman–Crippen LogP) is 2.49. The summed E-state index contributed by atoms with van der Waals surface area (Å²) >= 11 is 0. The molecule has 0 rings (SSSR count). The quantitative estimate of drug-likeness (QED) is 0.431. The largest absolute Gasteiger partial charge is 0.295 e. The third kappa shape index (κ3) is 5.29. The average molecular weight is 138 g/mol. The molecule has 0 aliphatic heterocycles. The van der Waals surface area contributed by atoms with E-state index in [1.165, 1.54) is 0 Å². The van der Waals surface area contributed by atoms with Gasteiger partial charge in [0, 0.05) is 0 Å². The van der Waals surface area contributed by atoms with E-state index in [1.54, 1.807) is 13.0 Å². The number of allylic oxidation sites excluding steroid dienone is 3. The van der Waals surface area contributed by atoms with Gasteiger partial charge in [0.05, 0.1) is 0 Å². The van der Waals surface area contributed by atoms with Crippen LogP contribution in [0.3, 0.4) is 0 Å². The van der Waals surface area contributed by atoms with Crippen molar-refractivity contribution in [2.24, 2.45) is 0 Å². The minimum atomic E-state index is 0.126. The zero-order valence-electron chi connectivity index (χ0n) is 6.68. The molecular formula is C9H14O. The van der Waals surface area contributed by atoms with Crippen LogP contribution in [0.4, 0.5) is 0 Å². The van der Waals surface area contributed by atoms with Gasteiger partial charge in [-0.25, -0.2) is 0 Å². The number of rotatable bonds is 4. The van der Waals surface area contributed by atoms with Crippen molar-refractivity contribution in [3.63, 3.8) is 0 Å². The highest BCUT2D eigenvalue weighted by Gasteiger charge is 1.89. The van der Waals surface area contributed by atoms with E-state index in [0.29, 0.717) is 0 Å². The fourth-order valence-electron chi connectivity index (χ4n) is 0.749. The monoisotopic (exact) mass is 138 g/mol. The number of carbonyl (C=O) groups excluding carboxylic acids is 1. The lowest BCUT2D eigenvalue weighted by Gasteiger charge is -1.93. The van der Waals surface area contributed by atoms with Crippen LogP contribution in [0.5, 0.6) is 0 Å². The molecule has 1 heteroatoms. The van der Waals surface area contributed by atoms with Crippen LogP contribution in [-0.4, -0.2) is 5.78 Å². The normalized spacial score (nSPS) is 11.2. The van der Waals surface area contributed by atoms with Crippen molar-refractivity contribution in [1.82, 2.24) is 0 Å². The number of ketones is 1. The van der Waals surface area contributed by atoms with Crippen molar-refractivity contribution in [2.45, 2.75) is 26.7 Å². The van der Waals surface area contributed by atoms with Gasteiger partial charge in [0.1, 0.15) is 0 Å². The van der Waals surface area contributed by atoms with E-state index in [9.17, 15) is 4.79 Å². The van der Waals surface area contributed by atoms with Gasteiger partial charge in [-0.2, -0.15) is 0 Å². The van der Waals surface area contributed by atoms with Gasteiger partial charge in [0.15, 0.2) is 5.78 Å². The summed E-state index contributed by atoms with van der Waals surface area (Å²) in [5, 5.41) is 0. The van der Waals surface area contributed by atoms with E-state index >= 15 is 0 Å². The van der Waals surface area contributed by atoms with Crippen LogP contribution >= 0.6 is 0 Å². The van der Waals surface area contributed by atoms with Gasteiger partial charge in [-0.05, 0) is 32.8 Å². The highest BCUT2D eigenvalue weighted by Crippen LogP contribution is 2.03. The Kier molecular flexibility index (Phi) is 4.55. The van der Waals surface area contributed by atoms with E-state index in [2.05, 4.69) is 6.58 Å². The van der Waals surface area contributed by atoms with Crippen LogP contribution < -0.4 is 0 Å². The summed E-state index contributed by atoms with van der Waals surface area (Å²) in [6.07, 6.45) is 5.43. The molecule has 0 aliphatic carbocycles. The van der Waals surface area contributed by atoms with Gasteiger partial charge >= 0.3 is 0 Å². The van der Waals surface area contributed by atoms with Gasteiger partial charge in [-0.3, -0.25) is 4.79 Å². The molecule has 0 aromatic rings. The minimum absolute atomic E-state index is 0.126.